The lowest BCUT2D eigenvalue weighted by Gasteiger charge is -2.22. The SMILES string of the molecule is FC(F)(F)COCCNCC1CCOCO1. The lowest BCUT2D eigenvalue weighted by Crippen LogP contribution is -2.35. The van der Waals surface area contributed by atoms with Crippen LogP contribution in [0.5, 0.6) is 0 Å². The summed E-state index contributed by atoms with van der Waals surface area (Å²) in [7, 11) is 0. The number of nitrogens with one attached hydrogen (secondary N) is 1. The molecule has 1 unspecified atom stereocenters. The van der Waals surface area contributed by atoms with Crippen molar-refractivity contribution in [1.82, 2.24) is 5.32 Å². The summed E-state index contributed by atoms with van der Waals surface area (Å²) in [5.41, 5.74) is 0. The van der Waals surface area contributed by atoms with Gasteiger partial charge in [-0.2, -0.15) is 13.2 Å². The summed E-state index contributed by atoms with van der Waals surface area (Å²) in [6, 6.07) is 0. The highest BCUT2D eigenvalue weighted by Crippen LogP contribution is 2.13. The van der Waals surface area contributed by atoms with Gasteiger partial charge in [0.2, 0.25) is 0 Å². The number of hydrogen-bond acceptors (Lipinski definition) is 4. The van der Waals surface area contributed by atoms with E-state index in [4.69, 9.17) is 9.47 Å². The van der Waals surface area contributed by atoms with Gasteiger partial charge in [-0.05, 0) is 6.42 Å². The molecule has 0 aliphatic carbocycles. The molecular formula is C9H16F3NO3. The third-order valence-corrected chi connectivity index (χ3v) is 2.03. The molecule has 1 atom stereocenters. The molecule has 0 aromatic rings. The molecule has 1 heterocycles. The average Bonchev–Trinajstić information content (AvgIpc) is 2.23. The zero-order valence-corrected chi connectivity index (χ0v) is 8.89. The first-order valence-corrected chi connectivity index (χ1v) is 5.12. The highest BCUT2D eigenvalue weighted by Gasteiger charge is 2.27. The minimum Gasteiger partial charge on any atom is -0.371 e. The number of ether oxygens (including phenoxy) is 3. The molecule has 7 heteroatoms. The summed E-state index contributed by atoms with van der Waals surface area (Å²) in [6.07, 6.45) is -3.36. The Morgan fingerprint density at radius 3 is 2.81 bits per heavy atom. The van der Waals surface area contributed by atoms with Gasteiger partial charge < -0.3 is 19.5 Å². The first-order valence-electron chi connectivity index (χ1n) is 5.12. The molecule has 16 heavy (non-hydrogen) atoms. The van der Waals surface area contributed by atoms with Crippen LogP contribution in [0.25, 0.3) is 0 Å². The summed E-state index contributed by atoms with van der Waals surface area (Å²) in [5, 5.41) is 2.97. The molecule has 0 bridgehead atoms. The Morgan fingerprint density at radius 1 is 1.38 bits per heavy atom. The monoisotopic (exact) mass is 243 g/mol. The third-order valence-electron chi connectivity index (χ3n) is 2.03. The molecule has 1 aliphatic heterocycles. The topological polar surface area (TPSA) is 39.7 Å². The fraction of sp³-hybridized carbons (Fsp3) is 1.00. The fourth-order valence-electron chi connectivity index (χ4n) is 1.26. The van der Waals surface area contributed by atoms with Crippen LogP contribution in [0.4, 0.5) is 13.2 Å². The Hall–Kier alpha value is -0.370. The van der Waals surface area contributed by atoms with Crippen LogP contribution in [0.2, 0.25) is 0 Å². The number of rotatable bonds is 6. The smallest absolute Gasteiger partial charge is 0.371 e. The lowest BCUT2D eigenvalue weighted by atomic mass is 10.2. The van der Waals surface area contributed by atoms with Crippen LogP contribution in [0, 0.1) is 0 Å². The highest BCUT2D eigenvalue weighted by molar-refractivity contribution is 4.63. The van der Waals surface area contributed by atoms with E-state index < -0.39 is 12.8 Å². The first-order chi connectivity index (χ1) is 7.58. The molecule has 96 valence electrons. The highest BCUT2D eigenvalue weighted by atomic mass is 19.4. The Bertz CT molecular complexity index is 183. The van der Waals surface area contributed by atoms with Crippen molar-refractivity contribution in [3.63, 3.8) is 0 Å². The van der Waals surface area contributed by atoms with Crippen molar-refractivity contribution in [2.45, 2.75) is 18.7 Å². The molecule has 1 rings (SSSR count). The predicted molar refractivity (Wildman–Crippen MR) is 50.1 cm³/mol. The van der Waals surface area contributed by atoms with E-state index in [1.54, 1.807) is 0 Å². The molecule has 4 nitrogen and oxygen atoms in total. The van der Waals surface area contributed by atoms with Crippen LogP contribution in [0.15, 0.2) is 0 Å². The van der Waals surface area contributed by atoms with E-state index in [1.807, 2.05) is 0 Å². The second-order valence-electron chi connectivity index (χ2n) is 3.48. The van der Waals surface area contributed by atoms with E-state index in [2.05, 4.69) is 10.1 Å². The van der Waals surface area contributed by atoms with Gasteiger partial charge in [0.1, 0.15) is 13.4 Å². The molecule has 0 saturated carbocycles. The van der Waals surface area contributed by atoms with Gasteiger partial charge in [-0.1, -0.05) is 0 Å². The Kier molecular flexibility index (Phi) is 6.04. The molecule has 0 spiro atoms. The molecular weight excluding hydrogens is 227 g/mol. The Morgan fingerprint density at radius 2 is 2.19 bits per heavy atom. The van der Waals surface area contributed by atoms with E-state index in [-0.39, 0.29) is 19.5 Å². The Labute approximate surface area is 92.0 Å². The van der Waals surface area contributed by atoms with E-state index in [9.17, 15) is 13.2 Å². The molecule has 1 saturated heterocycles. The van der Waals surface area contributed by atoms with Gasteiger partial charge in [-0.15, -0.1) is 0 Å². The lowest BCUT2D eigenvalue weighted by molar-refractivity contribution is -0.173. The van der Waals surface area contributed by atoms with Crippen molar-refractivity contribution in [2.24, 2.45) is 0 Å². The van der Waals surface area contributed by atoms with Crippen LogP contribution >= 0.6 is 0 Å². The van der Waals surface area contributed by atoms with Gasteiger partial charge in [0, 0.05) is 13.1 Å². The van der Waals surface area contributed by atoms with Gasteiger partial charge >= 0.3 is 6.18 Å². The van der Waals surface area contributed by atoms with Gasteiger partial charge in [-0.25, -0.2) is 0 Å². The van der Waals surface area contributed by atoms with E-state index in [0.29, 0.717) is 19.7 Å². The zero-order valence-electron chi connectivity index (χ0n) is 8.89. The largest absolute Gasteiger partial charge is 0.411 e. The summed E-state index contributed by atoms with van der Waals surface area (Å²) >= 11 is 0. The standard InChI is InChI=1S/C9H16F3NO3/c10-9(11,12)6-14-4-2-13-5-8-1-3-15-7-16-8/h8,13H,1-7H2. The first kappa shape index (κ1) is 13.7. The maximum Gasteiger partial charge on any atom is 0.411 e. The van der Waals surface area contributed by atoms with Crippen molar-refractivity contribution in [3.8, 4) is 0 Å². The van der Waals surface area contributed by atoms with Gasteiger partial charge in [0.05, 0.1) is 19.3 Å². The maximum atomic E-state index is 11.7. The predicted octanol–water partition coefficient (Wildman–Crippen LogP) is 0.918. The number of halogens is 3. The van der Waals surface area contributed by atoms with Crippen molar-refractivity contribution in [2.75, 3.05) is 39.7 Å². The average molecular weight is 243 g/mol. The third kappa shape index (κ3) is 7.00. The quantitative estimate of drug-likeness (QED) is 0.704. The summed E-state index contributed by atoms with van der Waals surface area (Å²) in [5.74, 6) is 0. The van der Waals surface area contributed by atoms with Crippen LogP contribution in [-0.2, 0) is 14.2 Å². The molecule has 0 aromatic carbocycles. The van der Waals surface area contributed by atoms with Gasteiger partial charge in [0.15, 0.2) is 0 Å². The van der Waals surface area contributed by atoms with Crippen LogP contribution in [0.1, 0.15) is 6.42 Å². The second-order valence-corrected chi connectivity index (χ2v) is 3.48. The fourth-order valence-corrected chi connectivity index (χ4v) is 1.26. The normalized spacial score (nSPS) is 22.3. The van der Waals surface area contributed by atoms with Crippen LogP contribution < -0.4 is 5.32 Å². The molecule has 0 aromatic heterocycles. The van der Waals surface area contributed by atoms with Gasteiger partial charge in [0.25, 0.3) is 0 Å². The Balaban J connectivity index is 1.87. The summed E-state index contributed by atoms with van der Waals surface area (Å²) in [6.45, 7) is 0.800. The van der Waals surface area contributed by atoms with E-state index in [1.165, 1.54) is 0 Å². The zero-order chi connectivity index (χ0) is 11.9. The van der Waals surface area contributed by atoms with Gasteiger partial charge in [-0.3, -0.25) is 0 Å². The maximum absolute atomic E-state index is 11.7. The van der Waals surface area contributed by atoms with Crippen LogP contribution in [-0.4, -0.2) is 52.0 Å². The van der Waals surface area contributed by atoms with Crippen molar-refractivity contribution < 1.29 is 27.4 Å². The molecule has 1 fully saturated rings. The van der Waals surface area contributed by atoms with E-state index in [0.717, 1.165) is 6.42 Å². The molecule has 0 amide bonds. The van der Waals surface area contributed by atoms with E-state index >= 15 is 0 Å². The van der Waals surface area contributed by atoms with Crippen LogP contribution in [0.3, 0.4) is 0 Å². The minimum absolute atomic E-state index is 0.0444. The summed E-state index contributed by atoms with van der Waals surface area (Å²) < 4.78 is 49.7. The number of hydrogen-bond donors (Lipinski definition) is 1. The second kappa shape index (κ2) is 7.05. The number of alkyl halides is 3. The van der Waals surface area contributed by atoms with Crippen molar-refractivity contribution in [1.29, 1.82) is 0 Å². The molecule has 1 aliphatic rings. The van der Waals surface area contributed by atoms with Crippen molar-refractivity contribution >= 4 is 0 Å². The summed E-state index contributed by atoms with van der Waals surface area (Å²) in [4.78, 5) is 0. The molecule has 1 N–H and O–H groups in total. The van der Waals surface area contributed by atoms with Crippen molar-refractivity contribution in [3.05, 3.63) is 0 Å². The minimum atomic E-state index is -4.25. The molecule has 0 radical (unpaired) electrons.